The molecule has 2 rings (SSSR count). The molecule has 0 aliphatic carbocycles. The van der Waals surface area contributed by atoms with Crippen LogP contribution in [0.5, 0.6) is 0 Å². The van der Waals surface area contributed by atoms with Gasteiger partial charge < -0.3 is 10.1 Å². The first-order valence-corrected chi connectivity index (χ1v) is 5.40. The second-order valence-corrected chi connectivity index (χ2v) is 4.37. The molecule has 0 radical (unpaired) electrons. The SMILES string of the molecule is CC(C)C(C(=O)O)c1cc2ccccc2[nH]1. The van der Waals surface area contributed by atoms with Crippen molar-refractivity contribution in [3.8, 4) is 0 Å². The van der Waals surface area contributed by atoms with Crippen LogP contribution in [0.3, 0.4) is 0 Å². The highest BCUT2D eigenvalue weighted by molar-refractivity contribution is 5.84. The Labute approximate surface area is 94.1 Å². The van der Waals surface area contributed by atoms with E-state index in [4.69, 9.17) is 0 Å². The summed E-state index contributed by atoms with van der Waals surface area (Å²) in [5.41, 5.74) is 1.77. The van der Waals surface area contributed by atoms with Gasteiger partial charge in [-0.25, -0.2) is 0 Å². The van der Waals surface area contributed by atoms with E-state index in [1.165, 1.54) is 0 Å². The van der Waals surface area contributed by atoms with Crippen molar-refractivity contribution in [1.29, 1.82) is 0 Å². The number of rotatable bonds is 3. The number of carbonyl (C=O) groups is 1. The van der Waals surface area contributed by atoms with Crippen LogP contribution in [0, 0.1) is 5.92 Å². The fraction of sp³-hybridized carbons (Fsp3) is 0.308. The summed E-state index contributed by atoms with van der Waals surface area (Å²) in [5.74, 6) is -1.17. The predicted octanol–water partition coefficient (Wildman–Crippen LogP) is 2.99. The molecule has 0 saturated carbocycles. The average molecular weight is 217 g/mol. The first-order chi connectivity index (χ1) is 7.59. The zero-order valence-corrected chi connectivity index (χ0v) is 9.40. The molecule has 1 aromatic carbocycles. The Hall–Kier alpha value is -1.77. The minimum atomic E-state index is -0.776. The van der Waals surface area contributed by atoms with E-state index in [0.29, 0.717) is 0 Å². The van der Waals surface area contributed by atoms with E-state index < -0.39 is 11.9 Å². The topological polar surface area (TPSA) is 53.1 Å². The molecule has 1 heterocycles. The molecule has 1 aromatic heterocycles. The summed E-state index contributed by atoms with van der Waals surface area (Å²) in [4.78, 5) is 14.4. The lowest BCUT2D eigenvalue weighted by atomic mass is 9.93. The maximum Gasteiger partial charge on any atom is 0.312 e. The van der Waals surface area contributed by atoms with Crippen molar-refractivity contribution in [3.63, 3.8) is 0 Å². The van der Waals surface area contributed by atoms with Gasteiger partial charge in [0.15, 0.2) is 0 Å². The second kappa shape index (κ2) is 4.00. The Bertz CT molecular complexity index is 480. The molecule has 3 nitrogen and oxygen atoms in total. The molecule has 1 atom stereocenters. The number of hydrogen-bond donors (Lipinski definition) is 2. The number of fused-ring (bicyclic) bond motifs is 1. The fourth-order valence-corrected chi connectivity index (χ4v) is 2.04. The zero-order valence-electron chi connectivity index (χ0n) is 9.40. The molecule has 3 heteroatoms. The van der Waals surface area contributed by atoms with Gasteiger partial charge in [-0.05, 0) is 23.4 Å². The normalized spacial score (nSPS) is 13.2. The fourth-order valence-electron chi connectivity index (χ4n) is 2.04. The number of carboxylic acid groups (broad SMARTS) is 1. The highest BCUT2D eigenvalue weighted by atomic mass is 16.4. The van der Waals surface area contributed by atoms with Crippen molar-refractivity contribution in [2.45, 2.75) is 19.8 Å². The molecule has 0 fully saturated rings. The molecule has 2 N–H and O–H groups in total. The lowest BCUT2D eigenvalue weighted by molar-refractivity contribution is -0.139. The number of H-pyrrole nitrogens is 1. The standard InChI is InChI=1S/C13H15NO2/c1-8(2)12(13(15)16)11-7-9-5-3-4-6-10(9)14-11/h3-8,12,14H,1-2H3,(H,15,16). The Kier molecular flexibility index (Phi) is 2.69. The number of carboxylic acids is 1. The van der Waals surface area contributed by atoms with E-state index in [2.05, 4.69) is 4.98 Å². The van der Waals surface area contributed by atoms with Gasteiger partial charge in [0.2, 0.25) is 0 Å². The third-order valence-corrected chi connectivity index (χ3v) is 2.82. The predicted molar refractivity (Wildman–Crippen MR) is 63.5 cm³/mol. The summed E-state index contributed by atoms with van der Waals surface area (Å²) in [6.45, 7) is 3.84. The molecule has 84 valence electrons. The number of para-hydroxylation sites is 1. The van der Waals surface area contributed by atoms with Gasteiger partial charge in [0.1, 0.15) is 0 Å². The van der Waals surface area contributed by atoms with E-state index in [1.54, 1.807) is 0 Å². The monoisotopic (exact) mass is 217 g/mol. The van der Waals surface area contributed by atoms with Gasteiger partial charge in [-0.1, -0.05) is 32.0 Å². The molecule has 0 aliphatic rings. The van der Waals surface area contributed by atoms with E-state index in [1.807, 2.05) is 44.2 Å². The minimum absolute atomic E-state index is 0.0746. The van der Waals surface area contributed by atoms with Crippen LogP contribution in [0.4, 0.5) is 0 Å². The van der Waals surface area contributed by atoms with Crippen LogP contribution in [0.25, 0.3) is 10.9 Å². The van der Waals surface area contributed by atoms with E-state index in [9.17, 15) is 9.90 Å². The lowest BCUT2D eigenvalue weighted by Gasteiger charge is -2.14. The third kappa shape index (κ3) is 1.81. The van der Waals surface area contributed by atoms with Gasteiger partial charge in [0.25, 0.3) is 0 Å². The molecular formula is C13H15NO2. The average Bonchev–Trinajstić information content (AvgIpc) is 2.58. The van der Waals surface area contributed by atoms with Crippen LogP contribution >= 0.6 is 0 Å². The number of nitrogens with one attached hydrogen (secondary N) is 1. The highest BCUT2D eigenvalue weighted by Gasteiger charge is 2.24. The van der Waals surface area contributed by atoms with Gasteiger partial charge in [-0.3, -0.25) is 4.79 Å². The number of benzene rings is 1. The van der Waals surface area contributed by atoms with Crippen molar-refractivity contribution < 1.29 is 9.90 Å². The molecule has 0 bridgehead atoms. The van der Waals surface area contributed by atoms with Crippen molar-refractivity contribution >= 4 is 16.9 Å². The summed E-state index contributed by atoms with van der Waals surface area (Å²) in [7, 11) is 0. The molecular weight excluding hydrogens is 202 g/mol. The Morgan fingerprint density at radius 3 is 2.56 bits per heavy atom. The van der Waals surface area contributed by atoms with Crippen LogP contribution in [0.2, 0.25) is 0 Å². The number of aromatic amines is 1. The number of aliphatic carboxylic acids is 1. The summed E-state index contributed by atoms with van der Waals surface area (Å²) in [6, 6.07) is 9.75. The van der Waals surface area contributed by atoms with Gasteiger partial charge >= 0.3 is 5.97 Å². The van der Waals surface area contributed by atoms with Crippen LogP contribution < -0.4 is 0 Å². The van der Waals surface area contributed by atoms with E-state index in [-0.39, 0.29) is 5.92 Å². The maximum atomic E-state index is 11.2. The second-order valence-electron chi connectivity index (χ2n) is 4.37. The van der Waals surface area contributed by atoms with Gasteiger partial charge in [-0.15, -0.1) is 0 Å². The van der Waals surface area contributed by atoms with E-state index >= 15 is 0 Å². The Morgan fingerprint density at radius 1 is 1.31 bits per heavy atom. The molecule has 2 aromatic rings. The summed E-state index contributed by atoms with van der Waals surface area (Å²) < 4.78 is 0. The van der Waals surface area contributed by atoms with Gasteiger partial charge in [-0.2, -0.15) is 0 Å². The van der Waals surface area contributed by atoms with Crippen LogP contribution in [-0.4, -0.2) is 16.1 Å². The van der Waals surface area contributed by atoms with Gasteiger partial charge in [0, 0.05) is 11.2 Å². The summed E-state index contributed by atoms with van der Waals surface area (Å²) >= 11 is 0. The Morgan fingerprint density at radius 2 is 2.00 bits per heavy atom. The quantitative estimate of drug-likeness (QED) is 0.830. The van der Waals surface area contributed by atoms with Gasteiger partial charge in [0.05, 0.1) is 5.92 Å². The highest BCUT2D eigenvalue weighted by Crippen LogP contribution is 2.27. The minimum Gasteiger partial charge on any atom is -0.481 e. The number of hydrogen-bond acceptors (Lipinski definition) is 1. The van der Waals surface area contributed by atoms with Crippen LogP contribution in [0.1, 0.15) is 25.5 Å². The van der Waals surface area contributed by atoms with Crippen molar-refractivity contribution in [1.82, 2.24) is 4.98 Å². The molecule has 0 aliphatic heterocycles. The molecule has 0 spiro atoms. The first kappa shape index (κ1) is 10.7. The maximum absolute atomic E-state index is 11.2. The van der Waals surface area contributed by atoms with Crippen molar-refractivity contribution in [2.75, 3.05) is 0 Å². The van der Waals surface area contributed by atoms with Crippen molar-refractivity contribution in [3.05, 3.63) is 36.0 Å². The largest absolute Gasteiger partial charge is 0.481 e. The first-order valence-electron chi connectivity index (χ1n) is 5.40. The van der Waals surface area contributed by atoms with Crippen LogP contribution in [0.15, 0.2) is 30.3 Å². The molecule has 1 unspecified atom stereocenters. The zero-order chi connectivity index (χ0) is 11.7. The summed E-state index contributed by atoms with van der Waals surface area (Å²) in [6.07, 6.45) is 0. The lowest BCUT2D eigenvalue weighted by Crippen LogP contribution is -2.17. The third-order valence-electron chi connectivity index (χ3n) is 2.82. The Balaban J connectivity index is 2.49. The summed E-state index contributed by atoms with van der Waals surface area (Å²) in [5, 5.41) is 10.3. The van der Waals surface area contributed by atoms with E-state index in [0.717, 1.165) is 16.6 Å². The van der Waals surface area contributed by atoms with Crippen molar-refractivity contribution in [2.24, 2.45) is 5.92 Å². The number of aromatic nitrogens is 1. The van der Waals surface area contributed by atoms with Crippen LogP contribution in [-0.2, 0) is 4.79 Å². The molecule has 0 amide bonds. The molecule has 0 saturated heterocycles. The molecule has 16 heavy (non-hydrogen) atoms. The smallest absolute Gasteiger partial charge is 0.312 e.